The average molecular weight is 408 g/mol. The monoisotopic (exact) mass is 407 g/mol. The SMILES string of the molecule is CC[C@H]1S[C@@H](c2ccc(OC)cc2)N(CCN(CC)C(=O)NC(C)(C)C)C1=O. The highest BCUT2D eigenvalue weighted by Gasteiger charge is 2.40. The van der Waals surface area contributed by atoms with Crippen LogP contribution < -0.4 is 10.1 Å². The number of rotatable bonds is 7. The summed E-state index contributed by atoms with van der Waals surface area (Å²) in [6, 6.07) is 7.78. The number of amides is 3. The molecule has 2 rings (SSSR count). The number of likely N-dealkylation sites (N-methyl/N-ethyl adjacent to an activating group) is 1. The van der Waals surface area contributed by atoms with Crippen molar-refractivity contribution in [3.63, 3.8) is 0 Å². The molecule has 1 N–H and O–H groups in total. The Kier molecular flexibility index (Phi) is 7.63. The lowest BCUT2D eigenvalue weighted by Gasteiger charge is -2.30. The van der Waals surface area contributed by atoms with E-state index in [1.807, 2.05) is 63.8 Å². The third-order valence-electron chi connectivity index (χ3n) is 4.67. The number of nitrogens with one attached hydrogen (secondary N) is 1. The van der Waals surface area contributed by atoms with Gasteiger partial charge in [-0.05, 0) is 51.8 Å². The van der Waals surface area contributed by atoms with Gasteiger partial charge in [-0.15, -0.1) is 11.8 Å². The van der Waals surface area contributed by atoms with Gasteiger partial charge in [-0.3, -0.25) is 4.79 Å². The van der Waals surface area contributed by atoms with Crippen molar-refractivity contribution < 1.29 is 14.3 Å². The summed E-state index contributed by atoms with van der Waals surface area (Å²) in [5.41, 5.74) is 0.792. The lowest BCUT2D eigenvalue weighted by molar-refractivity contribution is -0.130. The van der Waals surface area contributed by atoms with Gasteiger partial charge >= 0.3 is 6.03 Å². The zero-order valence-electron chi connectivity index (χ0n) is 17.8. The number of benzene rings is 1. The van der Waals surface area contributed by atoms with Crippen LogP contribution in [0.2, 0.25) is 0 Å². The Hall–Kier alpha value is -1.89. The molecule has 156 valence electrons. The minimum atomic E-state index is -0.289. The maximum Gasteiger partial charge on any atom is 0.317 e. The molecule has 1 heterocycles. The molecule has 0 spiro atoms. The minimum Gasteiger partial charge on any atom is -0.497 e. The van der Waals surface area contributed by atoms with Crippen molar-refractivity contribution in [1.82, 2.24) is 15.1 Å². The van der Waals surface area contributed by atoms with Gasteiger partial charge in [0.15, 0.2) is 0 Å². The average Bonchev–Trinajstić information content (AvgIpc) is 2.96. The second-order valence-corrected chi connectivity index (χ2v) is 9.24. The summed E-state index contributed by atoms with van der Waals surface area (Å²) in [5, 5.41) is 2.93. The fourth-order valence-corrected chi connectivity index (χ4v) is 4.57. The van der Waals surface area contributed by atoms with Gasteiger partial charge in [0.1, 0.15) is 11.1 Å². The molecule has 0 radical (unpaired) electrons. The van der Waals surface area contributed by atoms with Crippen molar-refractivity contribution in [2.24, 2.45) is 0 Å². The first-order valence-electron chi connectivity index (χ1n) is 9.87. The largest absolute Gasteiger partial charge is 0.497 e. The molecule has 1 aliphatic heterocycles. The number of carbonyl (C=O) groups is 2. The summed E-state index contributed by atoms with van der Waals surface area (Å²) >= 11 is 1.69. The number of hydrogen-bond donors (Lipinski definition) is 1. The number of methoxy groups -OCH3 is 1. The summed E-state index contributed by atoms with van der Waals surface area (Å²) in [5.74, 6) is 0.952. The number of carbonyl (C=O) groups excluding carboxylic acids is 2. The molecule has 0 unspecified atom stereocenters. The van der Waals surface area contributed by atoms with Crippen LogP contribution in [0, 0.1) is 0 Å². The number of urea groups is 1. The van der Waals surface area contributed by atoms with Crippen LogP contribution in [0.4, 0.5) is 4.79 Å². The predicted molar refractivity (Wildman–Crippen MR) is 115 cm³/mol. The van der Waals surface area contributed by atoms with Crippen LogP contribution in [-0.2, 0) is 4.79 Å². The molecule has 1 fully saturated rings. The fourth-order valence-electron chi connectivity index (χ4n) is 3.14. The molecule has 7 heteroatoms. The maximum absolute atomic E-state index is 12.9. The molecule has 1 aromatic carbocycles. The summed E-state index contributed by atoms with van der Waals surface area (Å²) in [4.78, 5) is 29.1. The first-order chi connectivity index (χ1) is 13.2. The predicted octanol–water partition coefficient (Wildman–Crippen LogP) is 3.88. The van der Waals surface area contributed by atoms with E-state index in [1.165, 1.54) is 0 Å². The van der Waals surface area contributed by atoms with Crippen LogP contribution in [0.15, 0.2) is 24.3 Å². The Balaban J connectivity index is 2.12. The van der Waals surface area contributed by atoms with E-state index < -0.39 is 0 Å². The topological polar surface area (TPSA) is 61.9 Å². The van der Waals surface area contributed by atoms with Crippen LogP contribution in [-0.4, -0.2) is 59.3 Å². The van der Waals surface area contributed by atoms with Crippen molar-refractivity contribution in [1.29, 1.82) is 0 Å². The maximum atomic E-state index is 12.9. The highest BCUT2D eigenvalue weighted by atomic mass is 32.2. The van der Waals surface area contributed by atoms with E-state index in [0.29, 0.717) is 19.6 Å². The quantitative estimate of drug-likeness (QED) is 0.745. The van der Waals surface area contributed by atoms with Crippen LogP contribution in [0.5, 0.6) is 5.75 Å². The van der Waals surface area contributed by atoms with Crippen LogP contribution in [0.1, 0.15) is 52.0 Å². The van der Waals surface area contributed by atoms with Gasteiger partial charge in [0, 0.05) is 25.2 Å². The van der Waals surface area contributed by atoms with Crippen molar-refractivity contribution in [3.8, 4) is 5.75 Å². The van der Waals surface area contributed by atoms with Crippen molar-refractivity contribution in [2.45, 2.75) is 57.2 Å². The molecule has 1 aliphatic rings. The zero-order chi connectivity index (χ0) is 20.9. The summed E-state index contributed by atoms with van der Waals surface area (Å²) < 4.78 is 5.24. The van der Waals surface area contributed by atoms with E-state index in [0.717, 1.165) is 17.7 Å². The van der Waals surface area contributed by atoms with Crippen molar-refractivity contribution in [2.75, 3.05) is 26.7 Å². The van der Waals surface area contributed by atoms with Gasteiger partial charge in [-0.2, -0.15) is 0 Å². The smallest absolute Gasteiger partial charge is 0.317 e. The molecule has 6 nitrogen and oxygen atoms in total. The van der Waals surface area contributed by atoms with Crippen molar-refractivity contribution >= 4 is 23.7 Å². The number of thioether (sulfide) groups is 1. The Morgan fingerprint density at radius 1 is 1.25 bits per heavy atom. The number of nitrogens with zero attached hydrogens (tertiary/aromatic N) is 2. The van der Waals surface area contributed by atoms with Gasteiger partial charge in [0.2, 0.25) is 5.91 Å². The molecule has 0 saturated carbocycles. The molecule has 2 atom stereocenters. The third-order valence-corrected chi connectivity index (χ3v) is 6.32. The lowest BCUT2D eigenvalue weighted by atomic mass is 10.1. The summed E-state index contributed by atoms with van der Waals surface area (Å²) in [7, 11) is 1.64. The Morgan fingerprint density at radius 3 is 2.39 bits per heavy atom. The van der Waals surface area contributed by atoms with E-state index in [9.17, 15) is 9.59 Å². The van der Waals surface area contributed by atoms with Gasteiger partial charge in [0.25, 0.3) is 0 Å². The summed E-state index contributed by atoms with van der Waals surface area (Å²) in [6.45, 7) is 11.5. The normalized spacial score (nSPS) is 19.6. The molecule has 1 saturated heterocycles. The van der Waals surface area contributed by atoms with Gasteiger partial charge in [0.05, 0.1) is 12.4 Å². The Bertz CT molecular complexity index is 672. The highest BCUT2D eigenvalue weighted by Crippen LogP contribution is 2.44. The van der Waals surface area contributed by atoms with E-state index in [2.05, 4.69) is 5.32 Å². The van der Waals surface area contributed by atoms with Crippen LogP contribution >= 0.6 is 11.8 Å². The van der Waals surface area contributed by atoms with E-state index >= 15 is 0 Å². The van der Waals surface area contributed by atoms with Gasteiger partial charge in [-0.1, -0.05) is 19.1 Å². The van der Waals surface area contributed by atoms with Crippen molar-refractivity contribution in [3.05, 3.63) is 29.8 Å². The number of hydrogen-bond acceptors (Lipinski definition) is 4. The van der Waals surface area contributed by atoms with Crippen LogP contribution in [0.25, 0.3) is 0 Å². The van der Waals surface area contributed by atoms with Crippen LogP contribution in [0.3, 0.4) is 0 Å². The Morgan fingerprint density at radius 2 is 1.89 bits per heavy atom. The molecule has 28 heavy (non-hydrogen) atoms. The molecule has 0 bridgehead atoms. The number of ether oxygens (including phenoxy) is 1. The molecule has 0 aliphatic carbocycles. The Labute approximate surface area is 173 Å². The second kappa shape index (κ2) is 9.54. The first kappa shape index (κ1) is 22.4. The summed E-state index contributed by atoms with van der Waals surface area (Å²) in [6.07, 6.45) is 0.800. The minimum absolute atomic E-state index is 0.0345. The standard InChI is InChI=1S/C21H33N3O3S/c1-7-17-18(25)24(14-13-23(8-2)20(26)22-21(3,4)5)19(28-17)15-9-11-16(27-6)12-10-15/h9-12,17,19H,7-8,13-14H2,1-6H3,(H,22,26)/t17-,19+/m1/s1. The second-order valence-electron chi connectivity index (χ2n) is 7.95. The molecule has 1 aromatic rings. The molecule has 3 amide bonds. The lowest BCUT2D eigenvalue weighted by Crippen LogP contribution is -2.50. The fraction of sp³-hybridized carbons (Fsp3) is 0.619. The first-order valence-corrected chi connectivity index (χ1v) is 10.8. The van der Waals surface area contributed by atoms with E-state index in [1.54, 1.807) is 23.8 Å². The van der Waals surface area contributed by atoms with Gasteiger partial charge < -0.3 is 19.9 Å². The molecular formula is C21H33N3O3S. The molecular weight excluding hydrogens is 374 g/mol. The van der Waals surface area contributed by atoms with E-state index in [-0.39, 0.29) is 28.1 Å². The van der Waals surface area contributed by atoms with E-state index in [4.69, 9.17) is 4.74 Å². The zero-order valence-corrected chi connectivity index (χ0v) is 18.6. The molecule has 0 aromatic heterocycles. The third kappa shape index (κ3) is 5.56. The highest BCUT2D eigenvalue weighted by molar-refractivity contribution is 8.01. The van der Waals surface area contributed by atoms with Gasteiger partial charge in [-0.25, -0.2) is 4.79 Å².